The summed E-state index contributed by atoms with van der Waals surface area (Å²) in [6, 6.07) is 15.6. The van der Waals surface area contributed by atoms with E-state index in [0.29, 0.717) is 30.4 Å². The van der Waals surface area contributed by atoms with E-state index in [1.54, 1.807) is 12.1 Å². The monoisotopic (exact) mass is 295 g/mol. The van der Waals surface area contributed by atoms with Gasteiger partial charge in [0.05, 0.1) is 5.56 Å². The molecule has 0 saturated carbocycles. The number of benzene rings is 2. The Morgan fingerprint density at radius 3 is 2.36 bits per heavy atom. The molecule has 114 valence electrons. The van der Waals surface area contributed by atoms with Crippen LogP contribution in [0.4, 0.5) is 0 Å². The summed E-state index contributed by atoms with van der Waals surface area (Å²) in [5.74, 6) is 1.92. The van der Waals surface area contributed by atoms with Crippen molar-refractivity contribution < 1.29 is 9.47 Å². The van der Waals surface area contributed by atoms with Crippen molar-refractivity contribution in [3.63, 3.8) is 0 Å². The molecule has 2 aromatic rings. The first kappa shape index (κ1) is 15.9. The third-order valence-corrected chi connectivity index (χ3v) is 3.40. The predicted molar refractivity (Wildman–Crippen MR) is 87.4 cm³/mol. The third-order valence-electron chi connectivity index (χ3n) is 3.40. The number of para-hydroxylation sites is 1. The first-order valence-electron chi connectivity index (χ1n) is 7.47. The average molecular weight is 295 g/mol. The highest BCUT2D eigenvalue weighted by molar-refractivity contribution is 5.42. The topological polar surface area (TPSA) is 42.2 Å². The molecule has 0 aliphatic rings. The molecule has 3 nitrogen and oxygen atoms in total. The number of rotatable bonds is 6. The van der Waals surface area contributed by atoms with E-state index in [0.717, 1.165) is 5.75 Å². The van der Waals surface area contributed by atoms with Gasteiger partial charge in [-0.2, -0.15) is 5.26 Å². The summed E-state index contributed by atoms with van der Waals surface area (Å²) in [5, 5.41) is 9.02. The van der Waals surface area contributed by atoms with E-state index in [1.807, 2.05) is 12.1 Å². The van der Waals surface area contributed by atoms with Gasteiger partial charge in [0.25, 0.3) is 0 Å². The Morgan fingerprint density at radius 1 is 1.00 bits per heavy atom. The number of hydrogen-bond acceptors (Lipinski definition) is 3. The molecule has 0 radical (unpaired) electrons. The van der Waals surface area contributed by atoms with E-state index in [2.05, 4.69) is 45.0 Å². The Hall–Kier alpha value is -2.47. The van der Waals surface area contributed by atoms with Crippen LogP contribution >= 0.6 is 0 Å². The van der Waals surface area contributed by atoms with Gasteiger partial charge in [0, 0.05) is 0 Å². The Balaban J connectivity index is 1.95. The van der Waals surface area contributed by atoms with E-state index >= 15 is 0 Å². The summed E-state index contributed by atoms with van der Waals surface area (Å²) in [7, 11) is 0. The van der Waals surface area contributed by atoms with Gasteiger partial charge >= 0.3 is 0 Å². The molecule has 0 fully saturated rings. The second kappa shape index (κ2) is 7.51. The van der Waals surface area contributed by atoms with Crippen LogP contribution in [0.2, 0.25) is 0 Å². The smallest absolute Gasteiger partial charge is 0.137 e. The minimum Gasteiger partial charge on any atom is -0.490 e. The van der Waals surface area contributed by atoms with Crippen molar-refractivity contribution in [2.75, 3.05) is 13.2 Å². The number of hydrogen-bond donors (Lipinski definition) is 0. The normalized spacial score (nSPS) is 10.3. The van der Waals surface area contributed by atoms with Crippen molar-refractivity contribution in [2.45, 2.75) is 26.7 Å². The summed E-state index contributed by atoms with van der Waals surface area (Å²) in [6.07, 6.45) is 0. The van der Waals surface area contributed by atoms with Gasteiger partial charge in [0.2, 0.25) is 0 Å². The highest BCUT2D eigenvalue weighted by atomic mass is 16.5. The Labute approximate surface area is 132 Å². The molecule has 0 bridgehead atoms. The zero-order valence-corrected chi connectivity index (χ0v) is 13.3. The van der Waals surface area contributed by atoms with Crippen molar-refractivity contribution >= 4 is 0 Å². The Morgan fingerprint density at radius 2 is 1.68 bits per heavy atom. The summed E-state index contributed by atoms with van der Waals surface area (Å²) < 4.78 is 11.5. The van der Waals surface area contributed by atoms with Gasteiger partial charge in [-0.1, -0.05) is 38.1 Å². The second-order valence-corrected chi connectivity index (χ2v) is 5.50. The summed E-state index contributed by atoms with van der Waals surface area (Å²) in [6.45, 7) is 7.21. The molecule has 3 heteroatoms. The highest BCUT2D eigenvalue weighted by Gasteiger charge is 2.08. The lowest BCUT2D eigenvalue weighted by molar-refractivity contribution is 0.215. The number of ether oxygens (including phenoxy) is 2. The van der Waals surface area contributed by atoms with E-state index in [1.165, 1.54) is 11.1 Å². The van der Waals surface area contributed by atoms with Gasteiger partial charge in [-0.25, -0.2) is 0 Å². The van der Waals surface area contributed by atoms with E-state index < -0.39 is 0 Å². The molecule has 0 N–H and O–H groups in total. The number of nitrogens with zero attached hydrogens (tertiary/aromatic N) is 1. The fourth-order valence-electron chi connectivity index (χ4n) is 2.23. The SMILES string of the molecule is Cc1ccc(C(C)C)c(OCCOc2ccccc2C#N)c1. The van der Waals surface area contributed by atoms with E-state index in [4.69, 9.17) is 14.7 Å². The molecule has 2 rings (SSSR count). The molecule has 0 aromatic heterocycles. The molecule has 22 heavy (non-hydrogen) atoms. The molecule has 0 atom stereocenters. The van der Waals surface area contributed by atoms with Crippen LogP contribution in [0.5, 0.6) is 11.5 Å². The van der Waals surface area contributed by atoms with Crippen molar-refractivity contribution in [3.8, 4) is 17.6 Å². The fraction of sp³-hybridized carbons (Fsp3) is 0.316. The first-order valence-corrected chi connectivity index (χ1v) is 7.47. The Bertz CT molecular complexity index is 671. The van der Waals surface area contributed by atoms with Crippen molar-refractivity contribution in [1.82, 2.24) is 0 Å². The van der Waals surface area contributed by atoms with Crippen molar-refractivity contribution in [2.24, 2.45) is 0 Å². The maximum absolute atomic E-state index is 9.02. The average Bonchev–Trinajstić information content (AvgIpc) is 2.51. The van der Waals surface area contributed by atoms with Gasteiger partial charge in [-0.15, -0.1) is 0 Å². The zero-order chi connectivity index (χ0) is 15.9. The van der Waals surface area contributed by atoms with Crippen LogP contribution in [0, 0.1) is 18.3 Å². The number of aryl methyl sites for hydroxylation is 1. The molecule has 0 aliphatic heterocycles. The molecule has 0 amide bonds. The van der Waals surface area contributed by atoms with Crippen LogP contribution in [0.15, 0.2) is 42.5 Å². The molecule has 0 aliphatic carbocycles. The molecule has 0 unspecified atom stereocenters. The second-order valence-electron chi connectivity index (χ2n) is 5.50. The first-order chi connectivity index (χ1) is 10.6. The van der Waals surface area contributed by atoms with Crippen LogP contribution in [0.1, 0.15) is 36.5 Å². The lowest BCUT2D eigenvalue weighted by Gasteiger charge is -2.15. The largest absolute Gasteiger partial charge is 0.490 e. The van der Waals surface area contributed by atoms with E-state index in [9.17, 15) is 0 Å². The van der Waals surface area contributed by atoms with Gasteiger partial charge in [0.15, 0.2) is 0 Å². The molecular formula is C19H21NO2. The minimum absolute atomic E-state index is 0.407. The fourth-order valence-corrected chi connectivity index (χ4v) is 2.23. The quantitative estimate of drug-likeness (QED) is 0.739. The van der Waals surface area contributed by atoms with Crippen LogP contribution in [-0.2, 0) is 0 Å². The van der Waals surface area contributed by atoms with Gasteiger partial charge in [-0.05, 0) is 42.2 Å². The summed E-state index contributed by atoms with van der Waals surface area (Å²) in [5.41, 5.74) is 2.92. The minimum atomic E-state index is 0.407. The lowest BCUT2D eigenvalue weighted by atomic mass is 10.0. The van der Waals surface area contributed by atoms with Gasteiger partial charge < -0.3 is 9.47 Å². The predicted octanol–water partition coefficient (Wildman–Crippen LogP) is 4.45. The standard InChI is InChI=1S/C19H21NO2/c1-14(2)17-9-8-15(3)12-19(17)22-11-10-21-18-7-5-4-6-16(18)13-20/h4-9,12,14H,10-11H2,1-3H3. The summed E-state index contributed by atoms with van der Waals surface area (Å²) in [4.78, 5) is 0. The van der Waals surface area contributed by atoms with Crippen LogP contribution in [0.3, 0.4) is 0 Å². The maximum Gasteiger partial charge on any atom is 0.137 e. The molecule has 0 spiro atoms. The number of nitriles is 1. The van der Waals surface area contributed by atoms with Gasteiger partial charge in [0.1, 0.15) is 30.8 Å². The molecule has 0 saturated heterocycles. The Kier molecular flexibility index (Phi) is 5.43. The highest BCUT2D eigenvalue weighted by Crippen LogP contribution is 2.27. The maximum atomic E-state index is 9.02. The van der Waals surface area contributed by atoms with Crippen LogP contribution in [-0.4, -0.2) is 13.2 Å². The van der Waals surface area contributed by atoms with Crippen LogP contribution < -0.4 is 9.47 Å². The lowest BCUT2D eigenvalue weighted by Crippen LogP contribution is -2.11. The summed E-state index contributed by atoms with van der Waals surface area (Å²) >= 11 is 0. The van der Waals surface area contributed by atoms with Crippen LogP contribution in [0.25, 0.3) is 0 Å². The zero-order valence-electron chi connectivity index (χ0n) is 13.3. The van der Waals surface area contributed by atoms with Crippen molar-refractivity contribution in [3.05, 3.63) is 59.2 Å². The third kappa shape index (κ3) is 4.02. The molecule has 2 aromatic carbocycles. The molecular weight excluding hydrogens is 274 g/mol. The van der Waals surface area contributed by atoms with E-state index in [-0.39, 0.29) is 0 Å². The molecule has 0 heterocycles. The van der Waals surface area contributed by atoms with Crippen molar-refractivity contribution in [1.29, 1.82) is 5.26 Å². The van der Waals surface area contributed by atoms with Gasteiger partial charge in [-0.3, -0.25) is 0 Å².